The van der Waals surface area contributed by atoms with Crippen molar-refractivity contribution >= 4 is 33.8 Å². The lowest BCUT2D eigenvalue weighted by Gasteiger charge is -2.08. The molecule has 1 N–H and O–H groups in total. The number of benzene rings is 4. The Bertz CT molecular complexity index is 1490. The number of nitrogens with one attached hydrogen (secondary N) is 1. The molecule has 1 amide bonds. The lowest BCUT2D eigenvalue weighted by Crippen LogP contribution is -2.24. The Morgan fingerprint density at radius 1 is 0.912 bits per heavy atom. The zero-order valence-corrected chi connectivity index (χ0v) is 18.9. The van der Waals surface area contributed by atoms with Gasteiger partial charge in [0, 0.05) is 28.7 Å². The highest BCUT2D eigenvalue weighted by Gasteiger charge is 2.13. The first kappa shape index (κ1) is 21.5. The molecule has 34 heavy (non-hydrogen) atoms. The number of carbonyl (C=O) groups is 1. The van der Waals surface area contributed by atoms with Crippen LogP contribution in [0.15, 0.2) is 102 Å². The summed E-state index contributed by atoms with van der Waals surface area (Å²) in [6.45, 7) is 2.74. The van der Waals surface area contributed by atoms with Crippen molar-refractivity contribution in [2.24, 2.45) is 5.10 Å². The summed E-state index contributed by atoms with van der Waals surface area (Å²) in [6, 6.07) is 32.4. The maximum absolute atomic E-state index is 12.3. The van der Waals surface area contributed by atoms with Gasteiger partial charge in [-0.25, -0.2) is 5.43 Å². The van der Waals surface area contributed by atoms with Crippen molar-refractivity contribution in [3.8, 4) is 5.75 Å². The molecule has 4 aromatic carbocycles. The van der Waals surface area contributed by atoms with Gasteiger partial charge in [0.15, 0.2) is 6.61 Å². The van der Waals surface area contributed by atoms with Gasteiger partial charge in [-0.1, -0.05) is 78.9 Å². The molecule has 5 heteroatoms. The van der Waals surface area contributed by atoms with E-state index in [-0.39, 0.29) is 12.5 Å². The highest BCUT2D eigenvalue weighted by molar-refractivity contribution is 6.01. The first-order valence-electron chi connectivity index (χ1n) is 11.2. The van der Waals surface area contributed by atoms with Gasteiger partial charge in [0.05, 0.1) is 6.21 Å². The molecule has 5 nitrogen and oxygen atoms in total. The summed E-state index contributed by atoms with van der Waals surface area (Å²) in [5.41, 5.74) is 7.03. The van der Waals surface area contributed by atoms with E-state index in [1.54, 1.807) is 6.21 Å². The summed E-state index contributed by atoms with van der Waals surface area (Å²) in [6.07, 6.45) is 1.72. The average Bonchev–Trinajstić information content (AvgIpc) is 3.14. The molecule has 168 valence electrons. The summed E-state index contributed by atoms with van der Waals surface area (Å²) in [4.78, 5) is 12.3. The molecule has 0 atom stereocenters. The minimum Gasteiger partial charge on any atom is -0.484 e. The minimum absolute atomic E-state index is 0.107. The molecule has 0 unspecified atom stereocenters. The number of amides is 1. The van der Waals surface area contributed by atoms with Crippen molar-refractivity contribution < 1.29 is 9.53 Å². The number of aromatic nitrogens is 1. The van der Waals surface area contributed by atoms with Crippen LogP contribution in [0.1, 0.15) is 16.8 Å². The Kier molecular flexibility index (Phi) is 6.08. The SMILES string of the molecule is Cc1c(/C=N/NC(=O)COc2ccc3ccccc3c2)c2ccccc2n1Cc1ccccc1. The van der Waals surface area contributed by atoms with Gasteiger partial charge >= 0.3 is 0 Å². The Balaban J connectivity index is 1.28. The van der Waals surface area contributed by atoms with Crippen LogP contribution in [0.4, 0.5) is 0 Å². The summed E-state index contributed by atoms with van der Waals surface area (Å²) >= 11 is 0. The summed E-state index contributed by atoms with van der Waals surface area (Å²) in [7, 11) is 0. The lowest BCUT2D eigenvalue weighted by molar-refractivity contribution is -0.123. The normalized spacial score (nSPS) is 11.3. The third-order valence-corrected chi connectivity index (χ3v) is 5.94. The topological polar surface area (TPSA) is 55.6 Å². The number of hydrazone groups is 1. The molecule has 5 rings (SSSR count). The molecule has 0 radical (unpaired) electrons. The van der Waals surface area contributed by atoms with E-state index in [4.69, 9.17) is 4.74 Å². The van der Waals surface area contributed by atoms with Gasteiger partial charge in [-0.2, -0.15) is 5.10 Å². The van der Waals surface area contributed by atoms with Crippen molar-refractivity contribution in [1.29, 1.82) is 0 Å². The maximum atomic E-state index is 12.3. The largest absolute Gasteiger partial charge is 0.484 e. The molecule has 0 aliphatic heterocycles. The van der Waals surface area contributed by atoms with E-state index >= 15 is 0 Å². The molecule has 5 aromatic rings. The smallest absolute Gasteiger partial charge is 0.277 e. The number of rotatable bonds is 7. The van der Waals surface area contributed by atoms with Crippen LogP contribution in [0, 0.1) is 6.92 Å². The summed E-state index contributed by atoms with van der Waals surface area (Å²) < 4.78 is 7.93. The van der Waals surface area contributed by atoms with Crippen molar-refractivity contribution in [3.63, 3.8) is 0 Å². The maximum Gasteiger partial charge on any atom is 0.277 e. The predicted octanol–water partition coefficient (Wildman–Crippen LogP) is 5.68. The molecular formula is C29H25N3O2. The number of hydrogen-bond donors (Lipinski definition) is 1. The van der Waals surface area contributed by atoms with Crippen LogP contribution < -0.4 is 10.2 Å². The zero-order chi connectivity index (χ0) is 23.3. The van der Waals surface area contributed by atoms with E-state index in [9.17, 15) is 4.79 Å². The second kappa shape index (κ2) is 9.63. The van der Waals surface area contributed by atoms with Gasteiger partial charge in [0.1, 0.15) is 5.75 Å². The molecule has 0 saturated heterocycles. The Morgan fingerprint density at radius 3 is 2.50 bits per heavy atom. The number of para-hydroxylation sites is 1. The second-order valence-corrected chi connectivity index (χ2v) is 8.18. The number of carbonyl (C=O) groups excluding carboxylic acids is 1. The van der Waals surface area contributed by atoms with E-state index in [0.29, 0.717) is 5.75 Å². The molecule has 1 aromatic heterocycles. The van der Waals surface area contributed by atoms with Gasteiger partial charge in [-0.3, -0.25) is 4.79 Å². The molecule has 0 saturated carbocycles. The zero-order valence-electron chi connectivity index (χ0n) is 18.9. The number of hydrogen-bond acceptors (Lipinski definition) is 3. The van der Waals surface area contributed by atoms with Crippen LogP contribution in [-0.4, -0.2) is 23.3 Å². The first-order valence-corrected chi connectivity index (χ1v) is 11.2. The van der Waals surface area contributed by atoms with E-state index in [1.165, 1.54) is 5.56 Å². The summed E-state index contributed by atoms with van der Waals surface area (Å²) in [5, 5.41) is 7.52. The van der Waals surface area contributed by atoms with Crippen LogP contribution in [0.5, 0.6) is 5.75 Å². The first-order chi connectivity index (χ1) is 16.7. The van der Waals surface area contributed by atoms with Gasteiger partial charge in [-0.05, 0) is 41.5 Å². The number of ether oxygens (including phenoxy) is 1. The quantitative estimate of drug-likeness (QED) is 0.258. The minimum atomic E-state index is -0.310. The Labute approximate surface area is 198 Å². The third-order valence-electron chi connectivity index (χ3n) is 5.94. The molecule has 0 fully saturated rings. The van der Waals surface area contributed by atoms with Gasteiger partial charge < -0.3 is 9.30 Å². The molecule has 1 heterocycles. The van der Waals surface area contributed by atoms with Gasteiger partial charge in [0.25, 0.3) is 5.91 Å². The van der Waals surface area contributed by atoms with Crippen molar-refractivity contribution in [2.45, 2.75) is 13.5 Å². The fourth-order valence-electron chi connectivity index (χ4n) is 4.20. The monoisotopic (exact) mass is 447 g/mol. The molecule has 0 aliphatic rings. The van der Waals surface area contributed by atoms with Crippen molar-refractivity contribution in [3.05, 3.63) is 114 Å². The number of nitrogens with zero attached hydrogens (tertiary/aromatic N) is 2. The Hall–Kier alpha value is -4.38. The van der Waals surface area contributed by atoms with Gasteiger partial charge in [0.2, 0.25) is 0 Å². The van der Waals surface area contributed by atoms with E-state index < -0.39 is 0 Å². The number of fused-ring (bicyclic) bond motifs is 2. The third kappa shape index (κ3) is 4.55. The van der Waals surface area contributed by atoms with Crippen molar-refractivity contribution in [2.75, 3.05) is 6.61 Å². The lowest BCUT2D eigenvalue weighted by atomic mass is 10.1. The predicted molar refractivity (Wildman–Crippen MR) is 137 cm³/mol. The second-order valence-electron chi connectivity index (χ2n) is 8.18. The highest BCUT2D eigenvalue weighted by atomic mass is 16.5. The summed E-state index contributed by atoms with van der Waals surface area (Å²) in [5.74, 6) is 0.341. The van der Waals surface area contributed by atoms with E-state index in [1.807, 2.05) is 72.8 Å². The highest BCUT2D eigenvalue weighted by Crippen LogP contribution is 2.25. The van der Waals surface area contributed by atoms with Crippen LogP contribution in [-0.2, 0) is 11.3 Å². The van der Waals surface area contributed by atoms with Crippen LogP contribution in [0.2, 0.25) is 0 Å². The molecular weight excluding hydrogens is 422 g/mol. The Morgan fingerprint density at radius 2 is 1.65 bits per heavy atom. The standard InChI is InChI=1S/C29H25N3O2/c1-21-27(26-13-7-8-14-28(26)32(21)19-22-9-3-2-4-10-22)18-30-31-29(33)20-34-25-16-15-23-11-5-6-12-24(23)17-25/h2-18H,19-20H2,1H3,(H,31,33)/b30-18+. The molecule has 0 aliphatic carbocycles. The van der Waals surface area contributed by atoms with Crippen LogP contribution >= 0.6 is 0 Å². The van der Waals surface area contributed by atoms with Gasteiger partial charge in [-0.15, -0.1) is 0 Å². The van der Waals surface area contributed by atoms with E-state index in [2.05, 4.69) is 46.3 Å². The van der Waals surface area contributed by atoms with Crippen molar-refractivity contribution in [1.82, 2.24) is 9.99 Å². The molecule has 0 bridgehead atoms. The van der Waals surface area contributed by atoms with E-state index in [0.717, 1.165) is 39.5 Å². The van der Waals surface area contributed by atoms with Crippen LogP contribution in [0.3, 0.4) is 0 Å². The fraction of sp³-hybridized carbons (Fsp3) is 0.103. The fourth-order valence-corrected chi connectivity index (χ4v) is 4.20. The van der Waals surface area contributed by atoms with Crippen LogP contribution in [0.25, 0.3) is 21.7 Å². The average molecular weight is 448 g/mol. The molecule has 0 spiro atoms.